The molecule has 32 heavy (non-hydrogen) atoms. The summed E-state index contributed by atoms with van der Waals surface area (Å²) in [6.07, 6.45) is 6.24. The lowest BCUT2D eigenvalue weighted by Crippen LogP contribution is -2.49. The molecule has 1 aromatic heterocycles. The number of amides is 1. The lowest BCUT2D eigenvalue weighted by molar-refractivity contribution is 0.0746. The Morgan fingerprint density at radius 2 is 1.62 bits per heavy atom. The molecule has 2 aliphatic rings. The van der Waals surface area contributed by atoms with Crippen molar-refractivity contribution in [1.29, 1.82) is 0 Å². The Balaban J connectivity index is 1.29. The number of benzene rings is 2. The average molecular weight is 449 g/mol. The Morgan fingerprint density at radius 1 is 0.906 bits per heavy atom. The molecule has 1 amide bonds. The number of carbonyl (C=O) groups excluding carboxylic acids is 1. The summed E-state index contributed by atoms with van der Waals surface area (Å²) in [5.41, 5.74) is 4.41. The number of piperazine rings is 1. The van der Waals surface area contributed by atoms with Crippen LogP contribution in [0.4, 0.5) is 5.69 Å². The van der Waals surface area contributed by atoms with Crippen molar-refractivity contribution in [1.82, 2.24) is 14.7 Å². The fourth-order valence-corrected chi connectivity index (χ4v) is 4.85. The smallest absolute Gasteiger partial charge is 0.292 e. The number of hydrogen-bond donors (Lipinski definition) is 0. The van der Waals surface area contributed by atoms with Crippen LogP contribution < -0.4 is 10.5 Å². The molecular formula is C25H25ClN4O2. The summed E-state index contributed by atoms with van der Waals surface area (Å²) >= 11 is 6.45. The number of aryl methyl sites for hydroxylation is 2. The molecule has 7 heteroatoms. The maximum atomic E-state index is 13.1. The Labute approximate surface area is 192 Å². The third-order valence-electron chi connectivity index (χ3n) is 6.40. The first-order chi connectivity index (χ1) is 15.6. The van der Waals surface area contributed by atoms with E-state index in [1.165, 1.54) is 28.7 Å². The summed E-state index contributed by atoms with van der Waals surface area (Å²) in [5, 5.41) is 4.48. The number of rotatable bonds is 3. The predicted molar refractivity (Wildman–Crippen MR) is 126 cm³/mol. The number of halogens is 1. The maximum absolute atomic E-state index is 13.1. The van der Waals surface area contributed by atoms with Crippen molar-refractivity contribution >= 4 is 23.2 Å². The zero-order chi connectivity index (χ0) is 22.1. The van der Waals surface area contributed by atoms with E-state index in [2.05, 4.69) is 17.2 Å². The lowest BCUT2D eigenvalue weighted by Gasteiger charge is -2.36. The number of para-hydroxylation sites is 1. The fraction of sp³-hybridized carbons (Fsp3) is 0.320. The first kappa shape index (κ1) is 20.8. The second kappa shape index (κ2) is 8.79. The molecule has 164 valence electrons. The standard InChI is InChI=1S/C25H25ClN4O2/c26-23-22(17-27-30(25(23)32)21-8-2-1-3-9-21)28-12-14-29(15-13-28)24(31)20-11-10-18-6-4-5-7-19(18)16-20/h1-3,8-11,16-17H,4-7,12-15H2. The van der Waals surface area contributed by atoms with Gasteiger partial charge in [0.25, 0.3) is 11.5 Å². The summed E-state index contributed by atoms with van der Waals surface area (Å²) in [4.78, 5) is 29.8. The molecule has 0 atom stereocenters. The molecule has 1 saturated heterocycles. The maximum Gasteiger partial charge on any atom is 0.292 e. The van der Waals surface area contributed by atoms with Crippen LogP contribution in [0.2, 0.25) is 5.02 Å². The van der Waals surface area contributed by atoms with Crippen LogP contribution in [0.5, 0.6) is 0 Å². The zero-order valence-corrected chi connectivity index (χ0v) is 18.6. The van der Waals surface area contributed by atoms with Gasteiger partial charge in [-0.3, -0.25) is 9.59 Å². The molecule has 1 aliphatic carbocycles. The van der Waals surface area contributed by atoms with Gasteiger partial charge < -0.3 is 9.80 Å². The van der Waals surface area contributed by atoms with E-state index in [1.807, 2.05) is 46.2 Å². The van der Waals surface area contributed by atoms with E-state index in [4.69, 9.17) is 11.6 Å². The van der Waals surface area contributed by atoms with Gasteiger partial charge in [0.2, 0.25) is 0 Å². The zero-order valence-electron chi connectivity index (χ0n) is 17.8. The Bertz CT molecular complexity index is 1200. The molecule has 6 nitrogen and oxygen atoms in total. The van der Waals surface area contributed by atoms with Crippen LogP contribution in [-0.2, 0) is 12.8 Å². The second-order valence-electron chi connectivity index (χ2n) is 8.37. The number of hydrogen-bond acceptors (Lipinski definition) is 4. The molecule has 0 unspecified atom stereocenters. The normalized spacial score (nSPS) is 16.0. The van der Waals surface area contributed by atoms with E-state index in [1.54, 1.807) is 6.20 Å². The molecule has 0 saturated carbocycles. The number of carbonyl (C=O) groups is 1. The molecular weight excluding hydrogens is 424 g/mol. The molecule has 0 spiro atoms. The summed E-state index contributed by atoms with van der Waals surface area (Å²) in [7, 11) is 0. The number of aromatic nitrogens is 2. The van der Waals surface area contributed by atoms with Crippen molar-refractivity contribution in [3.05, 3.63) is 86.8 Å². The minimum absolute atomic E-state index is 0.0711. The van der Waals surface area contributed by atoms with Crippen molar-refractivity contribution in [2.24, 2.45) is 0 Å². The summed E-state index contributed by atoms with van der Waals surface area (Å²) in [6.45, 7) is 2.36. The minimum atomic E-state index is -0.345. The van der Waals surface area contributed by atoms with Crippen LogP contribution in [0.1, 0.15) is 34.3 Å². The molecule has 5 rings (SSSR count). The van der Waals surface area contributed by atoms with E-state index in [0.717, 1.165) is 18.4 Å². The van der Waals surface area contributed by atoms with Gasteiger partial charge in [0.1, 0.15) is 5.02 Å². The van der Waals surface area contributed by atoms with Crippen LogP contribution in [0.3, 0.4) is 0 Å². The van der Waals surface area contributed by atoms with Crippen LogP contribution in [-0.4, -0.2) is 46.8 Å². The van der Waals surface area contributed by atoms with Gasteiger partial charge in [-0.05, 0) is 61.1 Å². The second-order valence-corrected chi connectivity index (χ2v) is 8.74. The SMILES string of the molecule is O=C(c1ccc2c(c1)CCCC2)N1CCN(c2cnn(-c3ccccc3)c(=O)c2Cl)CC1. The van der Waals surface area contributed by atoms with Crippen LogP contribution >= 0.6 is 11.6 Å². The highest BCUT2D eigenvalue weighted by Crippen LogP contribution is 2.25. The van der Waals surface area contributed by atoms with Gasteiger partial charge in [-0.2, -0.15) is 9.78 Å². The van der Waals surface area contributed by atoms with Crippen molar-refractivity contribution < 1.29 is 4.79 Å². The highest BCUT2D eigenvalue weighted by Gasteiger charge is 2.25. The molecule has 0 bridgehead atoms. The molecule has 2 aromatic carbocycles. The molecule has 0 N–H and O–H groups in total. The number of nitrogens with zero attached hydrogens (tertiary/aromatic N) is 4. The van der Waals surface area contributed by atoms with E-state index in [9.17, 15) is 9.59 Å². The Kier molecular flexibility index (Phi) is 5.70. The molecule has 3 aromatic rings. The van der Waals surface area contributed by atoms with E-state index >= 15 is 0 Å². The summed E-state index contributed by atoms with van der Waals surface area (Å²) < 4.78 is 1.31. The van der Waals surface area contributed by atoms with Crippen molar-refractivity contribution in [2.45, 2.75) is 25.7 Å². The van der Waals surface area contributed by atoms with Gasteiger partial charge in [0.05, 0.1) is 17.6 Å². The van der Waals surface area contributed by atoms with Crippen molar-refractivity contribution in [2.75, 3.05) is 31.1 Å². The van der Waals surface area contributed by atoms with Crippen molar-refractivity contribution in [3.63, 3.8) is 0 Å². The highest BCUT2D eigenvalue weighted by molar-refractivity contribution is 6.33. The molecule has 1 fully saturated rings. The first-order valence-corrected chi connectivity index (χ1v) is 11.5. The highest BCUT2D eigenvalue weighted by atomic mass is 35.5. The van der Waals surface area contributed by atoms with E-state index in [-0.39, 0.29) is 16.5 Å². The largest absolute Gasteiger partial charge is 0.365 e. The van der Waals surface area contributed by atoms with Gasteiger partial charge in [0.15, 0.2) is 0 Å². The summed E-state index contributed by atoms with van der Waals surface area (Å²) in [6, 6.07) is 15.4. The van der Waals surface area contributed by atoms with E-state index in [0.29, 0.717) is 37.6 Å². The van der Waals surface area contributed by atoms with E-state index < -0.39 is 0 Å². The Hall–Kier alpha value is -3.12. The van der Waals surface area contributed by atoms with Gasteiger partial charge in [-0.25, -0.2) is 0 Å². The minimum Gasteiger partial charge on any atom is -0.365 e. The number of fused-ring (bicyclic) bond motifs is 1. The van der Waals surface area contributed by atoms with Crippen molar-refractivity contribution in [3.8, 4) is 5.69 Å². The average Bonchev–Trinajstić information content (AvgIpc) is 2.85. The van der Waals surface area contributed by atoms with Gasteiger partial charge in [-0.1, -0.05) is 35.9 Å². The van der Waals surface area contributed by atoms with Crippen LogP contribution in [0.25, 0.3) is 5.69 Å². The molecule has 0 radical (unpaired) electrons. The van der Waals surface area contributed by atoms with Gasteiger partial charge >= 0.3 is 0 Å². The van der Waals surface area contributed by atoms with Crippen LogP contribution in [0, 0.1) is 0 Å². The van der Waals surface area contributed by atoms with Crippen LogP contribution in [0.15, 0.2) is 59.5 Å². The summed E-state index contributed by atoms with van der Waals surface area (Å²) in [5.74, 6) is 0.0711. The Morgan fingerprint density at radius 3 is 2.38 bits per heavy atom. The third-order valence-corrected chi connectivity index (χ3v) is 6.76. The monoisotopic (exact) mass is 448 g/mol. The topological polar surface area (TPSA) is 58.4 Å². The first-order valence-electron chi connectivity index (χ1n) is 11.1. The molecule has 2 heterocycles. The quantitative estimate of drug-likeness (QED) is 0.612. The van der Waals surface area contributed by atoms with Gasteiger partial charge in [0, 0.05) is 31.7 Å². The molecule has 1 aliphatic heterocycles. The van der Waals surface area contributed by atoms with Gasteiger partial charge in [-0.15, -0.1) is 0 Å². The third kappa shape index (κ3) is 3.91. The fourth-order valence-electron chi connectivity index (χ4n) is 4.60. The lowest BCUT2D eigenvalue weighted by atomic mass is 9.90. The number of anilines is 1. The predicted octanol–water partition coefficient (Wildman–Crippen LogP) is 3.73.